The lowest BCUT2D eigenvalue weighted by molar-refractivity contribution is 0.0929. The maximum absolute atomic E-state index is 13.3. The number of nitrogens with one attached hydrogen (secondary N) is 2. The minimum atomic E-state index is -0.391. The summed E-state index contributed by atoms with van der Waals surface area (Å²) in [4.78, 5) is 30.8. The third-order valence-electron chi connectivity index (χ3n) is 5.52. The van der Waals surface area contributed by atoms with Gasteiger partial charge in [0.15, 0.2) is 0 Å². The van der Waals surface area contributed by atoms with E-state index in [0.29, 0.717) is 49.4 Å². The molecule has 9 nitrogen and oxygen atoms in total. The normalized spacial score (nSPS) is 16.3. The van der Waals surface area contributed by atoms with Gasteiger partial charge in [-0.3, -0.25) is 19.4 Å². The molecule has 0 aliphatic carbocycles. The predicted octanol–water partition coefficient (Wildman–Crippen LogP) is 1.38. The first-order valence-electron chi connectivity index (χ1n) is 10.5. The molecule has 3 aromatic rings. The molecule has 4 heterocycles. The summed E-state index contributed by atoms with van der Waals surface area (Å²) in [6, 6.07) is 5.16. The molecule has 1 aliphatic heterocycles. The zero-order chi connectivity index (χ0) is 22.0. The van der Waals surface area contributed by atoms with Crippen molar-refractivity contribution in [3.63, 3.8) is 0 Å². The van der Waals surface area contributed by atoms with Crippen LogP contribution in [0.2, 0.25) is 0 Å². The van der Waals surface area contributed by atoms with Crippen molar-refractivity contribution in [2.45, 2.75) is 38.8 Å². The van der Waals surface area contributed by atoms with Gasteiger partial charge in [-0.05, 0) is 43.9 Å². The summed E-state index contributed by atoms with van der Waals surface area (Å²) in [6.07, 6.45) is 4.14. The predicted molar refractivity (Wildman–Crippen MR) is 115 cm³/mol. The largest absolute Gasteiger partial charge is 0.385 e. The van der Waals surface area contributed by atoms with Crippen LogP contribution in [-0.4, -0.2) is 52.8 Å². The Labute approximate surface area is 179 Å². The van der Waals surface area contributed by atoms with Crippen molar-refractivity contribution in [2.75, 3.05) is 26.9 Å². The van der Waals surface area contributed by atoms with E-state index in [4.69, 9.17) is 14.9 Å². The summed E-state index contributed by atoms with van der Waals surface area (Å²) >= 11 is 0. The fourth-order valence-corrected chi connectivity index (χ4v) is 3.90. The van der Waals surface area contributed by atoms with E-state index in [9.17, 15) is 9.59 Å². The Hall–Kier alpha value is -3.04. The molecule has 1 saturated heterocycles. The molecule has 3 aromatic heterocycles. The van der Waals surface area contributed by atoms with Crippen LogP contribution in [0.5, 0.6) is 0 Å². The maximum Gasteiger partial charge on any atom is 0.267 e. The van der Waals surface area contributed by atoms with Crippen molar-refractivity contribution >= 4 is 22.6 Å². The molecular formula is C22H27N5O4. The maximum atomic E-state index is 13.3. The lowest BCUT2D eigenvalue weighted by Gasteiger charge is -2.17. The van der Waals surface area contributed by atoms with Crippen LogP contribution in [0.25, 0.3) is 16.7 Å². The van der Waals surface area contributed by atoms with E-state index >= 15 is 0 Å². The highest BCUT2D eigenvalue weighted by Gasteiger charge is 2.22. The van der Waals surface area contributed by atoms with Crippen LogP contribution in [0.3, 0.4) is 0 Å². The van der Waals surface area contributed by atoms with Gasteiger partial charge < -0.3 is 19.4 Å². The SMILES string of the molecule is COCCCNC(=O)c1cc2c(=O)n3cc(C)ccc3nc2n(C[C@@H]2CCCO2)c1=N. The second-order valence-electron chi connectivity index (χ2n) is 7.84. The highest BCUT2D eigenvalue weighted by Crippen LogP contribution is 2.17. The number of aromatic nitrogens is 3. The summed E-state index contributed by atoms with van der Waals surface area (Å²) in [5.74, 6) is -0.391. The van der Waals surface area contributed by atoms with Crippen molar-refractivity contribution in [3.8, 4) is 0 Å². The Morgan fingerprint density at radius 3 is 3.00 bits per heavy atom. The number of hydrogen-bond acceptors (Lipinski definition) is 6. The number of carbonyl (C=O) groups excluding carboxylic acids is 1. The Morgan fingerprint density at radius 1 is 1.42 bits per heavy atom. The Morgan fingerprint density at radius 2 is 2.26 bits per heavy atom. The highest BCUT2D eigenvalue weighted by atomic mass is 16.5. The van der Waals surface area contributed by atoms with Crippen molar-refractivity contribution in [1.29, 1.82) is 5.41 Å². The number of ether oxygens (including phenoxy) is 2. The zero-order valence-corrected chi connectivity index (χ0v) is 17.8. The van der Waals surface area contributed by atoms with Crippen molar-refractivity contribution in [3.05, 3.63) is 51.4 Å². The fraction of sp³-hybridized carbons (Fsp3) is 0.455. The van der Waals surface area contributed by atoms with E-state index in [2.05, 4.69) is 10.3 Å². The molecule has 1 atom stereocenters. The molecule has 2 N–H and O–H groups in total. The quantitative estimate of drug-likeness (QED) is 0.439. The van der Waals surface area contributed by atoms with Gasteiger partial charge in [0.2, 0.25) is 0 Å². The summed E-state index contributed by atoms with van der Waals surface area (Å²) in [5.41, 5.74) is 1.73. The monoisotopic (exact) mass is 425 g/mol. The van der Waals surface area contributed by atoms with E-state index in [0.717, 1.165) is 18.4 Å². The van der Waals surface area contributed by atoms with Crippen molar-refractivity contribution in [2.24, 2.45) is 0 Å². The first-order chi connectivity index (χ1) is 15.0. The number of fused-ring (bicyclic) bond motifs is 2. The van der Waals surface area contributed by atoms with Crippen molar-refractivity contribution < 1.29 is 14.3 Å². The number of hydrogen-bond donors (Lipinski definition) is 2. The molecule has 1 aliphatic rings. The van der Waals surface area contributed by atoms with Gasteiger partial charge in [0.25, 0.3) is 11.5 Å². The first kappa shape index (κ1) is 21.2. The lowest BCUT2D eigenvalue weighted by atomic mass is 10.1. The van der Waals surface area contributed by atoms with Crippen LogP contribution in [0.4, 0.5) is 0 Å². The first-order valence-corrected chi connectivity index (χ1v) is 10.5. The zero-order valence-electron chi connectivity index (χ0n) is 17.8. The fourth-order valence-electron chi connectivity index (χ4n) is 3.90. The van der Waals surface area contributed by atoms with E-state index in [-0.39, 0.29) is 22.7 Å². The molecule has 4 rings (SSSR count). The molecule has 9 heteroatoms. The van der Waals surface area contributed by atoms with E-state index in [1.807, 2.05) is 13.0 Å². The van der Waals surface area contributed by atoms with Crippen LogP contribution >= 0.6 is 0 Å². The van der Waals surface area contributed by atoms with Gasteiger partial charge in [0.1, 0.15) is 16.8 Å². The number of amides is 1. The smallest absolute Gasteiger partial charge is 0.267 e. The summed E-state index contributed by atoms with van der Waals surface area (Å²) < 4.78 is 13.9. The second kappa shape index (κ2) is 8.99. The van der Waals surface area contributed by atoms with Gasteiger partial charge in [0, 0.05) is 33.1 Å². The van der Waals surface area contributed by atoms with Gasteiger partial charge in [-0.1, -0.05) is 6.07 Å². The molecule has 0 unspecified atom stereocenters. The summed E-state index contributed by atoms with van der Waals surface area (Å²) in [6.45, 7) is 3.90. The van der Waals surface area contributed by atoms with E-state index < -0.39 is 5.91 Å². The average Bonchev–Trinajstić information content (AvgIpc) is 3.27. The van der Waals surface area contributed by atoms with Gasteiger partial charge in [-0.2, -0.15) is 0 Å². The van der Waals surface area contributed by atoms with Gasteiger partial charge >= 0.3 is 0 Å². The van der Waals surface area contributed by atoms with Gasteiger partial charge in [-0.25, -0.2) is 4.98 Å². The number of carbonyl (C=O) groups is 1. The van der Waals surface area contributed by atoms with E-state index in [1.54, 1.807) is 23.9 Å². The molecule has 0 saturated carbocycles. The Kier molecular flexibility index (Phi) is 6.15. The number of nitrogens with zero attached hydrogens (tertiary/aromatic N) is 3. The topological polar surface area (TPSA) is 111 Å². The number of aryl methyl sites for hydroxylation is 1. The van der Waals surface area contributed by atoms with Crippen LogP contribution in [-0.2, 0) is 16.0 Å². The second-order valence-corrected chi connectivity index (χ2v) is 7.84. The van der Waals surface area contributed by atoms with Crippen LogP contribution in [0.1, 0.15) is 35.2 Å². The third kappa shape index (κ3) is 4.24. The number of rotatable bonds is 7. The van der Waals surface area contributed by atoms with Gasteiger partial charge in [-0.15, -0.1) is 0 Å². The molecular weight excluding hydrogens is 398 g/mol. The van der Waals surface area contributed by atoms with Crippen LogP contribution in [0.15, 0.2) is 29.2 Å². The minimum absolute atomic E-state index is 0.0237. The number of methoxy groups -OCH3 is 1. The minimum Gasteiger partial charge on any atom is -0.385 e. The Balaban J connectivity index is 1.87. The molecule has 0 aromatic carbocycles. The molecule has 0 radical (unpaired) electrons. The number of pyridine rings is 2. The molecule has 164 valence electrons. The van der Waals surface area contributed by atoms with Crippen LogP contribution < -0.4 is 16.4 Å². The highest BCUT2D eigenvalue weighted by molar-refractivity contribution is 5.96. The average molecular weight is 425 g/mol. The molecule has 1 amide bonds. The van der Waals surface area contributed by atoms with E-state index in [1.165, 1.54) is 10.5 Å². The lowest BCUT2D eigenvalue weighted by Crippen LogP contribution is -2.37. The molecule has 0 spiro atoms. The van der Waals surface area contributed by atoms with Crippen molar-refractivity contribution in [1.82, 2.24) is 19.3 Å². The summed E-state index contributed by atoms with van der Waals surface area (Å²) in [5, 5.41) is 11.8. The third-order valence-corrected chi connectivity index (χ3v) is 5.52. The molecule has 0 bridgehead atoms. The van der Waals surface area contributed by atoms with Gasteiger partial charge in [0.05, 0.1) is 23.6 Å². The molecule has 31 heavy (non-hydrogen) atoms. The summed E-state index contributed by atoms with van der Waals surface area (Å²) in [7, 11) is 1.60. The van der Waals surface area contributed by atoms with Crippen LogP contribution in [0, 0.1) is 12.3 Å². The standard InChI is InChI=1S/C22H27N5O4/c1-14-6-7-18-25-20-17(22(29)26(18)12-14)11-16(21(28)24-8-4-9-30-2)19(23)27(20)13-15-5-3-10-31-15/h6-7,11-12,15,23H,3-5,8-10,13H2,1-2H3,(H,24,28)/t15-/m0/s1. The Bertz CT molecular complexity index is 1240. The molecule has 1 fully saturated rings.